The minimum atomic E-state index is 0. The molecule has 0 spiro atoms. The van der Waals surface area contributed by atoms with E-state index in [1.54, 1.807) is 0 Å². The van der Waals surface area contributed by atoms with Crippen molar-refractivity contribution in [2.75, 3.05) is 41.3 Å². The van der Waals surface area contributed by atoms with Crippen LogP contribution >= 0.6 is 0 Å². The van der Waals surface area contributed by atoms with Gasteiger partial charge >= 0.3 is 51.4 Å². The number of hydrogen-bond donors (Lipinski definition) is 0. The fraction of sp³-hybridized carbons (Fsp3) is 0.917. The SMILES string of the molecule is [2H]C1[CH-]C(CN(C)C)C(CN(C)C)C1C.[K+]. The molecule has 84 valence electrons. The zero-order valence-electron chi connectivity index (χ0n) is 12.2. The Morgan fingerprint density at radius 2 is 1.73 bits per heavy atom. The third kappa shape index (κ3) is 5.62. The molecule has 1 saturated carbocycles. The van der Waals surface area contributed by atoms with Crippen LogP contribution in [0.5, 0.6) is 0 Å². The average Bonchev–Trinajstić information content (AvgIpc) is 2.31. The van der Waals surface area contributed by atoms with Gasteiger partial charge in [-0.2, -0.15) is 6.40 Å². The van der Waals surface area contributed by atoms with Crippen LogP contribution in [0, 0.1) is 24.2 Å². The molecular weight excluding hydrogens is 211 g/mol. The van der Waals surface area contributed by atoms with Gasteiger partial charge in [0.05, 0.1) is 0 Å². The van der Waals surface area contributed by atoms with Crippen molar-refractivity contribution in [1.82, 2.24) is 9.80 Å². The third-order valence-corrected chi connectivity index (χ3v) is 3.04. The molecule has 0 aliphatic heterocycles. The Labute approximate surface area is 140 Å². The summed E-state index contributed by atoms with van der Waals surface area (Å²) >= 11 is 0. The van der Waals surface area contributed by atoms with Gasteiger partial charge in [0, 0.05) is 0 Å². The van der Waals surface area contributed by atoms with Gasteiger partial charge in [-0.3, -0.25) is 0 Å². The van der Waals surface area contributed by atoms with Crippen molar-refractivity contribution in [3.05, 3.63) is 6.42 Å². The zero-order chi connectivity index (χ0) is 11.6. The summed E-state index contributed by atoms with van der Waals surface area (Å²) in [5, 5.41) is 0. The summed E-state index contributed by atoms with van der Waals surface area (Å²) in [7, 11) is 8.47. The molecule has 0 heterocycles. The van der Waals surface area contributed by atoms with Gasteiger partial charge in [-0.05, 0) is 42.7 Å². The summed E-state index contributed by atoms with van der Waals surface area (Å²) in [6.07, 6.45) is 2.26. The molecule has 0 aromatic heterocycles. The molecule has 3 heteroatoms. The molecule has 2 nitrogen and oxygen atoms in total. The van der Waals surface area contributed by atoms with Crippen LogP contribution in [-0.2, 0) is 0 Å². The van der Waals surface area contributed by atoms with Crippen molar-refractivity contribution in [3.8, 4) is 0 Å². The molecular formula is C12H25KN2. The number of nitrogens with zero attached hydrogens (tertiary/aromatic N) is 2. The Hall–Kier alpha value is 1.56. The van der Waals surface area contributed by atoms with Crippen LogP contribution in [0.25, 0.3) is 0 Å². The van der Waals surface area contributed by atoms with E-state index in [0.717, 1.165) is 13.1 Å². The molecule has 0 radical (unpaired) electrons. The molecule has 4 atom stereocenters. The molecule has 4 unspecified atom stereocenters. The molecule has 15 heavy (non-hydrogen) atoms. The number of rotatable bonds is 4. The van der Waals surface area contributed by atoms with Gasteiger partial charge in [0.2, 0.25) is 0 Å². The second kappa shape index (κ2) is 7.80. The largest absolute Gasteiger partial charge is 1.00 e. The van der Waals surface area contributed by atoms with E-state index in [0.29, 0.717) is 17.8 Å². The Morgan fingerprint density at radius 1 is 1.20 bits per heavy atom. The van der Waals surface area contributed by atoms with E-state index in [4.69, 9.17) is 1.37 Å². The molecule has 0 bridgehead atoms. The van der Waals surface area contributed by atoms with Crippen molar-refractivity contribution < 1.29 is 52.8 Å². The first-order valence-electron chi connectivity index (χ1n) is 6.06. The van der Waals surface area contributed by atoms with E-state index in [2.05, 4.69) is 51.3 Å². The van der Waals surface area contributed by atoms with Gasteiger partial charge in [-0.25, -0.2) is 0 Å². The van der Waals surface area contributed by atoms with Crippen LogP contribution < -0.4 is 51.4 Å². The van der Waals surface area contributed by atoms with Crippen LogP contribution in [0.4, 0.5) is 0 Å². The van der Waals surface area contributed by atoms with E-state index >= 15 is 0 Å². The van der Waals surface area contributed by atoms with E-state index < -0.39 is 0 Å². The Bertz CT molecular complexity index is 197. The Morgan fingerprint density at radius 3 is 2.20 bits per heavy atom. The monoisotopic (exact) mass is 237 g/mol. The molecule has 1 fully saturated rings. The summed E-state index contributed by atoms with van der Waals surface area (Å²) in [5.74, 6) is 1.72. The summed E-state index contributed by atoms with van der Waals surface area (Å²) in [6, 6.07) is 0. The van der Waals surface area contributed by atoms with Gasteiger partial charge < -0.3 is 16.2 Å². The second-order valence-corrected chi connectivity index (χ2v) is 5.10. The molecule has 0 aromatic rings. The summed E-state index contributed by atoms with van der Waals surface area (Å²) < 4.78 is 7.99. The molecule has 0 N–H and O–H groups in total. The van der Waals surface area contributed by atoms with Gasteiger partial charge in [-0.15, -0.1) is 5.92 Å². The first kappa shape index (κ1) is 14.6. The summed E-state index contributed by atoms with van der Waals surface area (Å²) in [4.78, 5) is 4.48. The summed E-state index contributed by atoms with van der Waals surface area (Å²) in [5.41, 5.74) is 0. The third-order valence-electron chi connectivity index (χ3n) is 3.04. The van der Waals surface area contributed by atoms with E-state index in [1.165, 1.54) is 0 Å². The van der Waals surface area contributed by atoms with Crippen LogP contribution in [-0.4, -0.2) is 51.1 Å². The Balaban J connectivity index is 0.00000225. The zero-order valence-corrected chi connectivity index (χ0v) is 14.3. The van der Waals surface area contributed by atoms with Crippen molar-refractivity contribution in [2.24, 2.45) is 17.8 Å². The minimum absolute atomic E-state index is 0. The van der Waals surface area contributed by atoms with E-state index in [-0.39, 0.29) is 57.8 Å². The smallest absolute Gasteiger partial charge is 0.324 e. The van der Waals surface area contributed by atoms with Crippen LogP contribution in [0.3, 0.4) is 0 Å². The second-order valence-electron chi connectivity index (χ2n) is 5.10. The van der Waals surface area contributed by atoms with Crippen molar-refractivity contribution in [1.29, 1.82) is 0 Å². The van der Waals surface area contributed by atoms with Gasteiger partial charge in [0.25, 0.3) is 0 Å². The predicted molar refractivity (Wildman–Crippen MR) is 62.2 cm³/mol. The maximum atomic E-state index is 7.99. The minimum Gasteiger partial charge on any atom is -0.324 e. The van der Waals surface area contributed by atoms with Crippen molar-refractivity contribution in [2.45, 2.75) is 13.3 Å². The molecule has 1 rings (SSSR count). The fourth-order valence-electron chi connectivity index (χ4n) is 2.33. The van der Waals surface area contributed by atoms with Crippen LogP contribution in [0.15, 0.2) is 0 Å². The standard InChI is InChI=1S/C12H25N2.K/c1-10-6-7-11(8-13(2)3)12(10)9-14(4)5;/h7,10-12H,6,8-9H2,1-5H3;/q-1;+1/i6D;. The van der Waals surface area contributed by atoms with E-state index in [9.17, 15) is 0 Å². The topological polar surface area (TPSA) is 6.48 Å². The first-order valence-corrected chi connectivity index (χ1v) is 5.48. The van der Waals surface area contributed by atoms with Gasteiger partial charge in [0.1, 0.15) is 0 Å². The first-order chi connectivity index (χ1) is 6.91. The van der Waals surface area contributed by atoms with E-state index in [1.807, 2.05) is 0 Å². The van der Waals surface area contributed by atoms with Crippen LogP contribution in [0.1, 0.15) is 14.7 Å². The molecule has 1 aliphatic rings. The average molecular weight is 237 g/mol. The van der Waals surface area contributed by atoms with Gasteiger partial charge in [-0.1, -0.05) is 18.8 Å². The van der Waals surface area contributed by atoms with Crippen molar-refractivity contribution in [3.63, 3.8) is 0 Å². The molecule has 0 saturated heterocycles. The fourth-order valence-corrected chi connectivity index (χ4v) is 2.33. The van der Waals surface area contributed by atoms with Crippen molar-refractivity contribution >= 4 is 0 Å². The molecule has 0 amide bonds. The molecule has 0 aromatic carbocycles. The van der Waals surface area contributed by atoms with Crippen LogP contribution in [0.2, 0.25) is 0 Å². The molecule has 1 aliphatic carbocycles. The normalized spacial score (nSPS) is 36.9. The number of hydrogen-bond acceptors (Lipinski definition) is 2. The predicted octanol–water partition coefficient (Wildman–Crippen LogP) is -1.41. The maximum Gasteiger partial charge on any atom is 1.00 e. The summed E-state index contributed by atoms with van der Waals surface area (Å²) in [6.45, 7) is 4.40. The maximum absolute atomic E-state index is 7.99. The van der Waals surface area contributed by atoms with Gasteiger partial charge in [0.15, 0.2) is 0 Å². The quantitative estimate of drug-likeness (QED) is 0.438. The Kier molecular flexibility index (Phi) is 7.60.